The molecule has 31 heavy (non-hydrogen) atoms. The number of pyridine rings is 1. The lowest BCUT2D eigenvalue weighted by Crippen LogP contribution is -2.49. The van der Waals surface area contributed by atoms with Crippen LogP contribution in [-0.4, -0.2) is 40.8 Å². The molecule has 5 nitrogen and oxygen atoms in total. The summed E-state index contributed by atoms with van der Waals surface area (Å²) in [5, 5.41) is 11.5. The van der Waals surface area contributed by atoms with Crippen LogP contribution in [0.3, 0.4) is 0 Å². The van der Waals surface area contributed by atoms with Crippen molar-refractivity contribution in [2.75, 3.05) is 31.1 Å². The van der Waals surface area contributed by atoms with Gasteiger partial charge in [0.1, 0.15) is 5.75 Å². The molecule has 0 radical (unpaired) electrons. The second-order valence-corrected chi connectivity index (χ2v) is 8.32. The van der Waals surface area contributed by atoms with E-state index in [1.807, 2.05) is 56.3 Å². The third-order valence-corrected chi connectivity index (χ3v) is 6.46. The molecule has 1 atom stereocenters. The summed E-state index contributed by atoms with van der Waals surface area (Å²) in [7, 11) is 0. The molecule has 0 spiro atoms. The van der Waals surface area contributed by atoms with Gasteiger partial charge in [-0.3, -0.25) is 9.69 Å². The first-order valence-corrected chi connectivity index (χ1v) is 11.1. The number of aromatic hydroxyl groups is 1. The summed E-state index contributed by atoms with van der Waals surface area (Å²) in [6.07, 6.45) is 0. The fourth-order valence-electron chi connectivity index (χ4n) is 4.53. The Kier molecular flexibility index (Phi) is 6.35. The van der Waals surface area contributed by atoms with Gasteiger partial charge < -0.3 is 14.6 Å². The van der Waals surface area contributed by atoms with Gasteiger partial charge in [0, 0.05) is 49.1 Å². The summed E-state index contributed by atoms with van der Waals surface area (Å²) < 4.78 is 1.71. The molecule has 1 saturated heterocycles. The molecule has 0 unspecified atom stereocenters. The number of nitrogens with zero attached hydrogens (tertiary/aromatic N) is 3. The van der Waals surface area contributed by atoms with E-state index in [0.29, 0.717) is 17.1 Å². The highest BCUT2D eigenvalue weighted by Gasteiger charge is 2.32. The number of anilines is 1. The Bertz CT molecular complexity index is 1110. The van der Waals surface area contributed by atoms with Crippen LogP contribution in [0.2, 0.25) is 5.02 Å². The topological polar surface area (TPSA) is 48.7 Å². The van der Waals surface area contributed by atoms with Gasteiger partial charge in [-0.05, 0) is 43.7 Å². The van der Waals surface area contributed by atoms with Crippen molar-refractivity contribution >= 4 is 17.3 Å². The van der Waals surface area contributed by atoms with E-state index in [1.165, 1.54) is 5.69 Å². The molecule has 162 valence electrons. The predicted octanol–water partition coefficient (Wildman–Crippen LogP) is 4.45. The summed E-state index contributed by atoms with van der Waals surface area (Å²) in [6, 6.07) is 19.2. The summed E-state index contributed by atoms with van der Waals surface area (Å²) >= 11 is 6.59. The first-order valence-electron chi connectivity index (χ1n) is 10.7. The molecule has 4 rings (SSSR count). The fourth-order valence-corrected chi connectivity index (χ4v) is 4.77. The number of aryl methyl sites for hydroxylation is 1. The van der Waals surface area contributed by atoms with Gasteiger partial charge in [-0.2, -0.15) is 0 Å². The summed E-state index contributed by atoms with van der Waals surface area (Å²) in [4.78, 5) is 18.0. The Morgan fingerprint density at radius 3 is 2.29 bits per heavy atom. The van der Waals surface area contributed by atoms with Crippen LogP contribution in [0.4, 0.5) is 5.69 Å². The zero-order valence-corrected chi connectivity index (χ0v) is 18.7. The van der Waals surface area contributed by atoms with E-state index in [-0.39, 0.29) is 11.3 Å². The van der Waals surface area contributed by atoms with Gasteiger partial charge in [0.15, 0.2) is 0 Å². The lowest BCUT2D eigenvalue weighted by Gasteiger charge is -2.40. The highest BCUT2D eigenvalue weighted by molar-refractivity contribution is 6.31. The van der Waals surface area contributed by atoms with Gasteiger partial charge in [0.2, 0.25) is 0 Å². The van der Waals surface area contributed by atoms with Crippen LogP contribution < -0.4 is 10.5 Å². The molecule has 0 saturated carbocycles. The number of hydrogen-bond acceptors (Lipinski definition) is 4. The maximum Gasteiger partial charge on any atom is 0.259 e. The monoisotopic (exact) mass is 437 g/mol. The van der Waals surface area contributed by atoms with Crippen LogP contribution in [0.5, 0.6) is 5.75 Å². The number of piperazine rings is 1. The number of halogens is 1. The van der Waals surface area contributed by atoms with Crippen molar-refractivity contribution in [2.24, 2.45) is 0 Å². The van der Waals surface area contributed by atoms with Crippen molar-refractivity contribution in [3.05, 3.63) is 92.9 Å². The quantitative estimate of drug-likeness (QED) is 0.640. The molecule has 2 heterocycles. The molecule has 1 aliphatic heterocycles. The molecular weight excluding hydrogens is 410 g/mol. The lowest BCUT2D eigenvalue weighted by molar-refractivity contribution is 0.207. The predicted molar refractivity (Wildman–Crippen MR) is 126 cm³/mol. The van der Waals surface area contributed by atoms with Gasteiger partial charge >= 0.3 is 0 Å². The van der Waals surface area contributed by atoms with Crippen molar-refractivity contribution in [1.29, 1.82) is 0 Å². The van der Waals surface area contributed by atoms with Crippen LogP contribution in [0.15, 0.2) is 65.5 Å². The lowest BCUT2D eigenvalue weighted by atomic mass is 9.95. The van der Waals surface area contributed by atoms with Gasteiger partial charge in [-0.15, -0.1) is 0 Å². The zero-order valence-electron chi connectivity index (χ0n) is 18.0. The third kappa shape index (κ3) is 4.21. The molecule has 2 aromatic carbocycles. The average Bonchev–Trinajstić information content (AvgIpc) is 2.78. The van der Waals surface area contributed by atoms with Crippen molar-refractivity contribution in [3.63, 3.8) is 0 Å². The minimum absolute atomic E-state index is 0.0302. The molecular formula is C25H28ClN3O2. The summed E-state index contributed by atoms with van der Waals surface area (Å²) in [5.41, 5.74) is 3.03. The van der Waals surface area contributed by atoms with E-state index < -0.39 is 6.04 Å². The molecule has 1 aromatic heterocycles. The number of para-hydroxylation sites is 1. The standard InChI is InChI=1S/C25H28ClN3O2/c1-3-29-18(2)17-22(30)23(25(29)31)24(20-11-7-8-12-21(20)26)28-15-13-27(14-16-28)19-9-5-4-6-10-19/h4-12,17,24,30H,3,13-16H2,1-2H3/t24-/m1/s1. The highest BCUT2D eigenvalue weighted by Crippen LogP contribution is 2.36. The number of aromatic nitrogens is 1. The van der Waals surface area contributed by atoms with Crippen LogP contribution in [0, 0.1) is 6.92 Å². The molecule has 1 fully saturated rings. The van der Waals surface area contributed by atoms with Crippen molar-refractivity contribution < 1.29 is 5.11 Å². The first kappa shape index (κ1) is 21.5. The smallest absolute Gasteiger partial charge is 0.259 e. The maximum absolute atomic E-state index is 13.4. The molecule has 0 bridgehead atoms. The van der Waals surface area contributed by atoms with Gasteiger partial charge in [0.25, 0.3) is 5.56 Å². The molecule has 1 aliphatic rings. The highest BCUT2D eigenvalue weighted by atomic mass is 35.5. The Labute approximate surface area is 188 Å². The SMILES string of the molecule is CCn1c(C)cc(O)c([C@@H](c2ccccc2Cl)N2CCN(c3ccccc3)CC2)c1=O. The Morgan fingerprint density at radius 2 is 1.65 bits per heavy atom. The van der Waals surface area contributed by atoms with Crippen LogP contribution in [-0.2, 0) is 6.54 Å². The van der Waals surface area contributed by atoms with Crippen LogP contribution in [0.25, 0.3) is 0 Å². The van der Waals surface area contributed by atoms with E-state index >= 15 is 0 Å². The van der Waals surface area contributed by atoms with Gasteiger partial charge in [0.05, 0.1) is 11.6 Å². The summed E-state index contributed by atoms with van der Waals surface area (Å²) in [5.74, 6) is 0.0302. The first-order chi connectivity index (χ1) is 15.0. The second kappa shape index (κ2) is 9.16. The van der Waals surface area contributed by atoms with Crippen molar-refractivity contribution in [1.82, 2.24) is 9.47 Å². The number of rotatable bonds is 5. The Morgan fingerprint density at radius 1 is 1.00 bits per heavy atom. The molecule has 3 aromatic rings. The van der Waals surface area contributed by atoms with E-state index in [0.717, 1.165) is 37.4 Å². The van der Waals surface area contributed by atoms with Gasteiger partial charge in [-0.1, -0.05) is 48.0 Å². The fraction of sp³-hybridized carbons (Fsp3) is 0.320. The number of hydrogen-bond donors (Lipinski definition) is 1. The minimum Gasteiger partial charge on any atom is -0.507 e. The van der Waals surface area contributed by atoms with Crippen molar-refractivity contribution in [2.45, 2.75) is 26.4 Å². The van der Waals surface area contributed by atoms with E-state index in [2.05, 4.69) is 21.9 Å². The number of benzene rings is 2. The zero-order chi connectivity index (χ0) is 22.0. The molecule has 0 amide bonds. The van der Waals surface area contributed by atoms with E-state index in [1.54, 1.807) is 10.6 Å². The minimum atomic E-state index is -0.405. The Hall–Kier alpha value is -2.76. The maximum atomic E-state index is 13.4. The van der Waals surface area contributed by atoms with E-state index in [9.17, 15) is 9.90 Å². The third-order valence-electron chi connectivity index (χ3n) is 6.11. The van der Waals surface area contributed by atoms with E-state index in [4.69, 9.17) is 11.6 Å². The average molecular weight is 438 g/mol. The molecule has 6 heteroatoms. The largest absolute Gasteiger partial charge is 0.507 e. The second-order valence-electron chi connectivity index (χ2n) is 7.92. The summed E-state index contributed by atoms with van der Waals surface area (Å²) in [6.45, 7) is 7.51. The van der Waals surface area contributed by atoms with Crippen LogP contribution >= 0.6 is 11.6 Å². The van der Waals surface area contributed by atoms with Crippen molar-refractivity contribution in [3.8, 4) is 5.75 Å². The molecule has 0 aliphatic carbocycles. The Balaban J connectivity index is 1.75. The molecule has 1 N–H and O–H groups in total. The van der Waals surface area contributed by atoms with Crippen LogP contribution in [0.1, 0.15) is 29.8 Å². The normalized spacial score (nSPS) is 15.8. The van der Waals surface area contributed by atoms with Gasteiger partial charge in [-0.25, -0.2) is 0 Å².